The van der Waals surface area contributed by atoms with Crippen molar-refractivity contribution in [1.29, 1.82) is 0 Å². The second kappa shape index (κ2) is 4.70. The van der Waals surface area contributed by atoms with Crippen molar-refractivity contribution in [3.63, 3.8) is 0 Å². The highest BCUT2D eigenvalue weighted by molar-refractivity contribution is 7.99. The number of benzene rings is 1. The summed E-state index contributed by atoms with van der Waals surface area (Å²) in [6.45, 7) is 1.27. The minimum Gasteiger partial charge on any atom is -0.319 e. The zero-order valence-electron chi connectivity index (χ0n) is 9.08. The second-order valence-electron chi connectivity index (χ2n) is 3.78. The highest BCUT2D eigenvalue weighted by Gasteiger charge is 2.12. The van der Waals surface area contributed by atoms with Gasteiger partial charge in [-0.15, -0.1) is 11.8 Å². The number of fused-ring (bicyclic) bond motifs is 1. The average molecular weight is 235 g/mol. The van der Waals surface area contributed by atoms with Gasteiger partial charge in [-0.05, 0) is 42.4 Å². The van der Waals surface area contributed by atoms with Crippen molar-refractivity contribution in [3.8, 4) is 0 Å². The summed E-state index contributed by atoms with van der Waals surface area (Å²) in [5.41, 5.74) is 1.97. The number of nitrogens with one attached hydrogen (secondary N) is 1. The van der Waals surface area contributed by atoms with E-state index in [-0.39, 0.29) is 0 Å². The largest absolute Gasteiger partial charge is 0.319 e. The molecule has 1 N–H and O–H groups in total. The second-order valence-corrected chi connectivity index (χ2v) is 4.92. The molecule has 0 saturated heterocycles. The maximum absolute atomic E-state index is 11.2. The van der Waals surface area contributed by atoms with Gasteiger partial charge < -0.3 is 5.32 Å². The molecule has 3 nitrogen and oxygen atoms in total. The SMILES string of the molecule is CC(=O)C(=O)Nc1ccc2c(c1)CCCS2. The van der Waals surface area contributed by atoms with Crippen LogP contribution >= 0.6 is 11.8 Å². The predicted octanol–water partition coefficient (Wildman–Crippen LogP) is 2.25. The fraction of sp³-hybridized carbons (Fsp3) is 0.333. The molecular weight excluding hydrogens is 222 g/mol. The standard InChI is InChI=1S/C12H13NO2S/c1-8(14)12(15)13-10-4-5-11-9(7-10)3-2-6-16-11/h4-5,7H,2-3,6H2,1H3,(H,13,15). The Morgan fingerprint density at radius 1 is 1.38 bits per heavy atom. The van der Waals surface area contributed by atoms with E-state index in [1.807, 2.05) is 30.0 Å². The summed E-state index contributed by atoms with van der Waals surface area (Å²) in [6, 6.07) is 5.81. The third kappa shape index (κ3) is 2.44. The molecule has 1 aromatic rings. The lowest BCUT2D eigenvalue weighted by molar-refractivity contribution is -0.133. The molecule has 0 aromatic heterocycles. The Morgan fingerprint density at radius 2 is 2.19 bits per heavy atom. The molecule has 1 amide bonds. The van der Waals surface area contributed by atoms with E-state index in [1.54, 1.807) is 0 Å². The van der Waals surface area contributed by atoms with E-state index in [9.17, 15) is 9.59 Å². The minimum atomic E-state index is -0.552. The number of anilines is 1. The Hall–Kier alpha value is -1.29. The third-order valence-electron chi connectivity index (χ3n) is 2.49. The summed E-state index contributed by atoms with van der Waals surface area (Å²) in [6.07, 6.45) is 2.22. The zero-order valence-corrected chi connectivity index (χ0v) is 9.89. The van der Waals surface area contributed by atoms with Gasteiger partial charge in [0.1, 0.15) is 0 Å². The molecule has 1 heterocycles. The topological polar surface area (TPSA) is 46.2 Å². The maximum Gasteiger partial charge on any atom is 0.291 e. The number of Topliss-reactive ketones (excluding diaryl/α,β-unsaturated/α-hetero) is 1. The highest BCUT2D eigenvalue weighted by atomic mass is 32.2. The number of ketones is 1. The number of hydrogen-bond acceptors (Lipinski definition) is 3. The zero-order chi connectivity index (χ0) is 11.5. The quantitative estimate of drug-likeness (QED) is 0.800. The fourth-order valence-electron chi connectivity index (χ4n) is 1.66. The van der Waals surface area contributed by atoms with Crippen LogP contribution < -0.4 is 5.32 Å². The number of amides is 1. The van der Waals surface area contributed by atoms with E-state index in [4.69, 9.17) is 0 Å². The normalized spacial score (nSPS) is 14.1. The molecule has 0 fully saturated rings. The Kier molecular flexibility index (Phi) is 3.29. The summed E-state index contributed by atoms with van der Waals surface area (Å²) in [5, 5.41) is 2.59. The number of rotatable bonds is 2. The molecule has 0 atom stereocenters. The third-order valence-corrected chi connectivity index (χ3v) is 3.69. The van der Waals surface area contributed by atoms with Crippen molar-refractivity contribution in [2.75, 3.05) is 11.1 Å². The van der Waals surface area contributed by atoms with Gasteiger partial charge in [-0.1, -0.05) is 0 Å². The smallest absolute Gasteiger partial charge is 0.291 e. The van der Waals surface area contributed by atoms with E-state index in [2.05, 4.69) is 5.32 Å². The van der Waals surface area contributed by atoms with E-state index in [1.165, 1.54) is 23.8 Å². The molecule has 1 aromatic carbocycles. The van der Waals surface area contributed by atoms with Gasteiger partial charge in [-0.3, -0.25) is 9.59 Å². The molecule has 0 spiro atoms. The Morgan fingerprint density at radius 3 is 2.94 bits per heavy atom. The van der Waals surface area contributed by atoms with Crippen LogP contribution in [-0.4, -0.2) is 17.4 Å². The van der Waals surface area contributed by atoms with Crippen LogP contribution in [0.4, 0.5) is 5.69 Å². The van der Waals surface area contributed by atoms with Crippen molar-refractivity contribution < 1.29 is 9.59 Å². The number of thioether (sulfide) groups is 1. The van der Waals surface area contributed by atoms with E-state index >= 15 is 0 Å². The van der Waals surface area contributed by atoms with E-state index in [0.29, 0.717) is 5.69 Å². The number of aryl methyl sites for hydroxylation is 1. The molecule has 1 aliphatic rings. The first kappa shape index (κ1) is 11.2. The predicted molar refractivity (Wildman–Crippen MR) is 64.8 cm³/mol. The Balaban J connectivity index is 2.17. The van der Waals surface area contributed by atoms with Gasteiger partial charge in [0, 0.05) is 17.5 Å². The molecular formula is C12H13NO2S. The van der Waals surface area contributed by atoms with Gasteiger partial charge in [0.25, 0.3) is 5.91 Å². The molecule has 0 saturated carbocycles. The van der Waals surface area contributed by atoms with Crippen molar-refractivity contribution in [2.45, 2.75) is 24.7 Å². The Bertz CT molecular complexity index is 443. The van der Waals surface area contributed by atoms with Crippen LogP contribution in [0.1, 0.15) is 18.9 Å². The molecule has 0 unspecified atom stereocenters. The number of hydrogen-bond donors (Lipinski definition) is 1. The minimum absolute atomic E-state index is 0.466. The molecule has 0 radical (unpaired) electrons. The molecule has 1 aliphatic heterocycles. The van der Waals surface area contributed by atoms with Crippen molar-refractivity contribution >= 4 is 29.1 Å². The monoisotopic (exact) mass is 235 g/mol. The van der Waals surface area contributed by atoms with Gasteiger partial charge >= 0.3 is 0 Å². The van der Waals surface area contributed by atoms with Crippen LogP contribution in [-0.2, 0) is 16.0 Å². The summed E-state index contributed by atoms with van der Waals surface area (Å²) in [4.78, 5) is 23.3. The maximum atomic E-state index is 11.2. The van der Waals surface area contributed by atoms with Crippen molar-refractivity contribution in [3.05, 3.63) is 23.8 Å². The van der Waals surface area contributed by atoms with Gasteiger partial charge in [0.2, 0.25) is 5.78 Å². The first-order chi connectivity index (χ1) is 7.66. The summed E-state index contributed by atoms with van der Waals surface area (Å²) in [5.74, 6) is 0.141. The molecule has 2 rings (SSSR count). The molecule has 0 aliphatic carbocycles. The average Bonchev–Trinajstić information content (AvgIpc) is 2.28. The fourth-order valence-corrected chi connectivity index (χ4v) is 2.68. The van der Waals surface area contributed by atoms with Gasteiger partial charge in [0.05, 0.1) is 0 Å². The lowest BCUT2D eigenvalue weighted by Gasteiger charge is -2.16. The molecule has 4 heteroatoms. The number of carbonyl (C=O) groups is 2. The van der Waals surface area contributed by atoms with Crippen LogP contribution in [0, 0.1) is 0 Å². The van der Waals surface area contributed by atoms with E-state index < -0.39 is 11.7 Å². The first-order valence-corrected chi connectivity index (χ1v) is 6.23. The Labute approximate surface area is 98.6 Å². The molecule has 84 valence electrons. The van der Waals surface area contributed by atoms with Gasteiger partial charge in [0.15, 0.2) is 0 Å². The van der Waals surface area contributed by atoms with Gasteiger partial charge in [-0.2, -0.15) is 0 Å². The molecule has 0 bridgehead atoms. The summed E-state index contributed by atoms with van der Waals surface area (Å²) >= 11 is 1.84. The summed E-state index contributed by atoms with van der Waals surface area (Å²) < 4.78 is 0. The molecule has 16 heavy (non-hydrogen) atoms. The number of carbonyl (C=O) groups excluding carboxylic acids is 2. The van der Waals surface area contributed by atoms with E-state index in [0.717, 1.165) is 12.2 Å². The lowest BCUT2D eigenvalue weighted by atomic mass is 10.1. The van der Waals surface area contributed by atoms with Crippen LogP contribution in [0.2, 0.25) is 0 Å². The van der Waals surface area contributed by atoms with Crippen LogP contribution in [0.15, 0.2) is 23.1 Å². The van der Waals surface area contributed by atoms with Crippen molar-refractivity contribution in [1.82, 2.24) is 0 Å². The lowest BCUT2D eigenvalue weighted by Crippen LogP contribution is -2.19. The highest BCUT2D eigenvalue weighted by Crippen LogP contribution is 2.31. The van der Waals surface area contributed by atoms with Crippen LogP contribution in [0.3, 0.4) is 0 Å². The summed E-state index contributed by atoms with van der Waals surface area (Å²) in [7, 11) is 0. The van der Waals surface area contributed by atoms with Crippen LogP contribution in [0.25, 0.3) is 0 Å². The van der Waals surface area contributed by atoms with Gasteiger partial charge in [-0.25, -0.2) is 0 Å². The first-order valence-electron chi connectivity index (χ1n) is 5.24. The van der Waals surface area contributed by atoms with Crippen LogP contribution in [0.5, 0.6) is 0 Å². The van der Waals surface area contributed by atoms with Crippen molar-refractivity contribution in [2.24, 2.45) is 0 Å².